The Hall–Kier alpha value is -1.76. The molecule has 3 aromatic rings. The maximum Gasteiger partial charge on any atom is 0.0465 e. The summed E-state index contributed by atoms with van der Waals surface area (Å²) in [5, 5.41) is 2.72. The number of hydrogen-bond donors (Lipinski definition) is 1. The van der Waals surface area contributed by atoms with Crippen molar-refractivity contribution in [1.29, 1.82) is 0 Å². The van der Waals surface area contributed by atoms with Crippen molar-refractivity contribution < 1.29 is 0 Å². The van der Waals surface area contributed by atoms with Gasteiger partial charge < -0.3 is 4.98 Å². The van der Waals surface area contributed by atoms with Crippen LogP contribution in [0.3, 0.4) is 0 Å². The van der Waals surface area contributed by atoms with Crippen LogP contribution in [0.15, 0.2) is 36.4 Å². The Labute approximate surface area is 140 Å². The zero-order valence-corrected chi connectivity index (χ0v) is 15.4. The summed E-state index contributed by atoms with van der Waals surface area (Å²) >= 11 is 0. The molecule has 0 unspecified atom stereocenters. The van der Waals surface area contributed by atoms with E-state index in [2.05, 4.69) is 82.9 Å². The lowest BCUT2D eigenvalue weighted by Crippen LogP contribution is -2.09. The van der Waals surface area contributed by atoms with E-state index in [4.69, 9.17) is 0 Å². The topological polar surface area (TPSA) is 15.8 Å². The van der Waals surface area contributed by atoms with E-state index in [1.165, 1.54) is 32.9 Å². The number of H-pyrrole nitrogens is 1. The Kier molecular flexibility index (Phi) is 3.78. The van der Waals surface area contributed by atoms with Gasteiger partial charge in [-0.05, 0) is 59.1 Å². The van der Waals surface area contributed by atoms with Gasteiger partial charge in [0, 0.05) is 21.8 Å². The van der Waals surface area contributed by atoms with E-state index in [1.807, 2.05) is 0 Å². The molecule has 23 heavy (non-hydrogen) atoms. The van der Waals surface area contributed by atoms with Gasteiger partial charge in [-0.3, -0.25) is 0 Å². The summed E-state index contributed by atoms with van der Waals surface area (Å²) in [6.45, 7) is 13.8. The van der Waals surface area contributed by atoms with Crippen LogP contribution in [0.5, 0.6) is 0 Å². The van der Waals surface area contributed by atoms with Crippen LogP contribution >= 0.6 is 0 Å². The van der Waals surface area contributed by atoms with E-state index in [-0.39, 0.29) is 0 Å². The predicted octanol–water partition coefficient (Wildman–Crippen LogP) is 6.50. The molecule has 0 saturated carbocycles. The average molecular weight is 307 g/mol. The molecule has 122 valence electrons. The highest BCUT2D eigenvalue weighted by molar-refractivity contribution is 6.07. The molecule has 0 atom stereocenters. The Morgan fingerprint density at radius 2 is 1.04 bits per heavy atom. The van der Waals surface area contributed by atoms with Crippen molar-refractivity contribution >= 4 is 21.8 Å². The fourth-order valence-electron chi connectivity index (χ4n) is 3.44. The number of fused-ring (bicyclic) bond motifs is 3. The van der Waals surface area contributed by atoms with Gasteiger partial charge in [0.1, 0.15) is 0 Å². The van der Waals surface area contributed by atoms with Crippen LogP contribution < -0.4 is 0 Å². The first-order valence-electron chi connectivity index (χ1n) is 8.64. The third-order valence-electron chi connectivity index (χ3n) is 4.20. The van der Waals surface area contributed by atoms with Crippen molar-refractivity contribution in [3.05, 3.63) is 47.5 Å². The summed E-state index contributed by atoms with van der Waals surface area (Å²) < 4.78 is 0. The van der Waals surface area contributed by atoms with Gasteiger partial charge in [-0.15, -0.1) is 0 Å². The molecular weight excluding hydrogens is 278 g/mol. The average Bonchev–Trinajstić information content (AvgIpc) is 2.73. The highest BCUT2D eigenvalue weighted by atomic mass is 14.7. The molecule has 0 aliphatic heterocycles. The first kappa shape index (κ1) is 16.1. The fraction of sp³-hybridized carbons (Fsp3) is 0.455. The molecule has 0 radical (unpaired) electrons. The molecule has 1 aromatic heterocycles. The number of benzene rings is 2. The van der Waals surface area contributed by atoms with Crippen LogP contribution in [0.4, 0.5) is 0 Å². The minimum atomic E-state index is 0.317. The maximum absolute atomic E-state index is 3.56. The second kappa shape index (κ2) is 5.40. The van der Waals surface area contributed by atoms with Crippen molar-refractivity contribution in [3.63, 3.8) is 0 Å². The Morgan fingerprint density at radius 1 is 0.652 bits per heavy atom. The van der Waals surface area contributed by atoms with E-state index in [9.17, 15) is 0 Å². The zero-order valence-electron chi connectivity index (χ0n) is 15.4. The Bertz CT molecular complexity index is 768. The predicted molar refractivity (Wildman–Crippen MR) is 102 cm³/mol. The first-order valence-corrected chi connectivity index (χ1v) is 8.64. The summed E-state index contributed by atoms with van der Waals surface area (Å²) in [4.78, 5) is 3.56. The van der Waals surface area contributed by atoms with Gasteiger partial charge in [0.05, 0.1) is 0 Å². The lowest BCUT2D eigenvalue weighted by Gasteiger charge is -2.18. The molecule has 0 aliphatic rings. The summed E-state index contributed by atoms with van der Waals surface area (Å²) in [6.07, 6.45) is 2.22. The molecule has 1 N–H and O–H groups in total. The van der Waals surface area contributed by atoms with Gasteiger partial charge in [0.25, 0.3) is 0 Å². The lowest BCUT2D eigenvalue weighted by atomic mass is 9.87. The van der Waals surface area contributed by atoms with Gasteiger partial charge >= 0.3 is 0 Å². The number of aromatic amines is 1. The summed E-state index contributed by atoms with van der Waals surface area (Å²) in [5.41, 5.74) is 5.96. The van der Waals surface area contributed by atoms with Crippen LogP contribution in [0.25, 0.3) is 21.8 Å². The zero-order chi connectivity index (χ0) is 16.8. The molecule has 0 amide bonds. The third-order valence-corrected chi connectivity index (χ3v) is 4.20. The molecule has 0 aliphatic carbocycles. The van der Waals surface area contributed by atoms with Crippen LogP contribution in [0, 0.1) is 10.8 Å². The van der Waals surface area contributed by atoms with Crippen molar-refractivity contribution in [2.45, 2.75) is 54.4 Å². The Balaban J connectivity index is 2.09. The third kappa shape index (κ3) is 3.77. The largest absolute Gasteiger partial charge is 0.355 e. The molecule has 0 bridgehead atoms. The van der Waals surface area contributed by atoms with Crippen molar-refractivity contribution in [3.8, 4) is 0 Å². The van der Waals surface area contributed by atoms with Gasteiger partial charge in [0.15, 0.2) is 0 Å². The Morgan fingerprint density at radius 3 is 1.39 bits per heavy atom. The number of rotatable bonds is 2. The van der Waals surface area contributed by atoms with E-state index < -0.39 is 0 Å². The first-order chi connectivity index (χ1) is 10.6. The molecule has 2 aromatic carbocycles. The molecule has 1 heterocycles. The quantitative estimate of drug-likeness (QED) is 0.556. The molecule has 0 fully saturated rings. The molecule has 3 rings (SSSR count). The SMILES string of the molecule is CC(C)(C)Cc1ccc2[nH]c3ccc(CC(C)(C)C)cc3c2c1. The van der Waals surface area contributed by atoms with Crippen molar-refractivity contribution in [2.24, 2.45) is 10.8 Å². The van der Waals surface area contributed by atoms with Gasteiger partial charge in [0.2, 0.25) is 0 Å². The summed E-state index contributed by atoms with van der Waals surface area (Å²) in [7, 11) is 0. The number of hydrogen-bond acceptors (Lipinski definition) is 0. The van der Waals surface area contributed by atoms with Crippen LogP contribution in [0.2, 0.25) is 0 Å². The highest BCUT2D eigenvalue weighted by Gasteiger charge is 2.14. The van der Waals surface area contributed by atoms with E-state index in [1.54, 1.807) is 0 Å². The number of nitrogens with one attached hydrogen (secondary N) is 1. The molecule has 0 saturated heterocycles. The fourth-order valence-corrected chi connectivity index (χ4v) is 3.44. The monoisotopic (exact) mass is 307 g/mol. The second-order valence-corrected chi connectivity index (χ2v) is 9.36. The molecular formula is C22H29N. The van der Waals surface area contributed by atoms with Crippen LogP contribution in [0.1, 0.15) is 52.7 Å². The standard InChI is InChI=1S/C22H29N/c1-21(2,3)13-15-7-9-19-17(11-15)18-12-16(14-22(4,5)6)8-10-20(18)23-19/h7-12,23H,13-14H2,1-6H3. The van der Waals surface area contributed by atoms with Gasteiger partial charge in [-0.2, -0.15) is 0 Å². The molecule has 1 nitrogen and oxygen atoms in total. The van der Waals surface area contributed by atoms with E-state index in [0.717, 1.165) is 12.8 Å². The summed E-state index contributed by atoms with van der Waals surface area (Å²) in [6, 6.07) is 13.7. The van der Waals surface area contributed by atoms with Gasteiger partial charge in [-0.25, -0.2) is 0 Å². The van der Waals surface area contributed by atoms with E-state index >= 15 is 0 Å². The lowest BCUT2D eigenvalue weighted by molar-refractivity contribution is 0.411. The van der Waals surface area contributed by atoms with Gasteiger partial charge in [-0.1, -0.05) is 53.7 Å². The molecule has 0 spiro atoms. The van der Waals surface area contributed by atoms with Crippen LogP contribution in [-0.2, 0) is 12.8 Å². The molecule has 1 heteroatoms. The van der Waals surface area contributed by atoms with E-state index in [0.29, 0.717) is 10.8 Å². The maximum atomic E-state index is 3.56. The minimum absolute atomic E-state index is 0.317. The van der Waals surface area contributed by atoms with Crippen molar-refractivity contribution in [1.82, 2.24) is 4.98 Å². The number of aromatic nitrogens is 1. The normalized spacial score (nSPS) is 13.1. The highest BCUT2D eigenvalue weighted by Crippen LogP contribution is 2.31. The van der Waals surface area contributed by atoms with Crippen molar-refractivity contribution in [2.75, 3.05) is 0 Å². The smallest absolute Gasteiger partial charge is 0.0465 e. The minimum Gasteiger partial charge on any atom is -0.355 e. The summed E-state index contributed by atoms with van der Waals surface area (Å²) in [5.74, 6) is 0. The van der Waals surface area contributed by atoms with Crippen LogP contribution in [-0.4, -0.2) is 4.98 Å². The second-order valence-electron chi connectivity index (χ2n) is 9.36.